The number of nitrogens with zero attached hydrogens (tertiary/aromatic N) is 2. The van der Waals surface area contributed by atoms with Crippen LogP contribution in [-0.2, 0) is 35.0 Å². The Balaban J connectivity index is 1.53. The third-order valence-corrected chi connectivity index (χ3v) is 11.1. The number of alkyl carbamates (subject to hydrolysis) is 1. The molecular formula is C39H47ClF2N4O10. The number of aliphatic hydroxyl groups is 1. The number of carbonyl (C=O) groups excluding carboxylic acids is 4. The zero-order valence-electron chi connectivity index (χ0n) is 32.4. The first-order valence-corrected chi connectivity index (χ1v) is 18.2. The maximum Gasteiger partial charge on any atom is 0.409 e. The number of carbonyl (C=O) groups is 4. The molecule has 14 nitrogen and oxygen atoms in total. The maximum absolute atomic E-state index is 14.7. The maximum atomic E-state index is 14.7. The van der Waals surface area contributed by atoms with Gasteiger partial charge in [-0.25, -0.2) is 18.4 Å². The van der Waals surface area contributed by atoms with Crippen LogP contribution in [0, 0.1) is 17.6 Å². The van der Waals surface area contributed by atoms with Gasteiger partial charge >= 0.3 is 12.1 Å². The van der Waals surface area contributed by atoms with E-state index in [1.54, 1.807) is 38.1 Å². The lowest BCUT2D eigenvalue weighted by atomic mass is 9.83. The van der Waals surface area contributed by atoms with Gasteiger partial charge in [0.1, 0.15) is 52.4 Å². The number of rotatable bonds is 6. The molecule has 304 valence electrons. The van der Waals surface area contributed by atoms with Crippen molar-refractivity contribution in [2.45, 2.75) is 88.7 Å². The number of nitrogens with two attached hydrogens (primary N) is 1. The zero-order valence-corrected chi connectivity index (χ0v) is 33.1. The Morgan fingerprint density at radius 1 is 1.18 bits per heavy atom. The highest BCUT2D eigenvalue weighted by Crippen LogP contribution is 2.49. The van der Waals surface area contributed by atoms with Gasteiger partial charge in [-0.3, -0.25) is 14.9 Å². The number of amides is 3. The van der Waals surface area contributed by atoms with E-state index in [-0.39, 0.29) is 11.4 Å². The quantitative estimate of drug-likeness (QED) is 0.209. The van der Waals surface area contributed by atoms with Crippen molar-refractivity contribution < 1.29 is 56.7 Å². The van der Waals surface area contributed by atoms with E-state index in [1.165, 1.54) is 40.1 Å². The number of methoxy groups -OCH3 is 2. The number of likely N-dealkylation sites (N-methyl/N-ethyl adjacent to an activating group) is 1. The molecule has 0 aromatic heterocycles. The molecule has 2 aromatic carbocycles. The molecule has 2 aromatic rings. The number of anilines is 2. The fraction of sp³-hybridized carbons (Fsp3) is 0.487. The highest BCUT2D eigenvalue weighted by molar-refractivity contribution is 6.35. The van der Waals surface area contributed by atoms with E-state index in [0.717, 1.165) is 16.0 Å². The monoisotopic (exact) mass is 804 g/mol. The predicted molar refractivity (Wildman–Crippen MR) is 201 cm³/mol. The lowest BCUT2D eigenvalue weighted by molar-refractivity contribution is -0.158. The molecule has 0 saturated carbocycles. The zero-order chi connectivity index (χ0) is 41.4. The van der Waals surface area contributed by atoms with Crippen molar-refractivity contribution in [3.63, 3.8) is 0 Å². The summed E-state index contributed by atoms with van der Waals surface area (Å²) in [6.45, 7) is 6.55. The van der Waals surface area contributed by atoms with Crippen molar-refractivity contribution in [1.29, 1.82) is 0 Å². The molecule has 56 heavy (non-hydrogen) atoms. The minimum Gasteiger partial charge on any atom is -0.495 e. The number of hydrogen-bond acceptors (Lipinski definition) is 11. The van der Waals surface area contributed by atoms with E-state index in [0.29, 0.717) is 30.0 Å². The highest BCUT2D eigenvalue weighted by Gasteiger charge is 2.64. The average Bonchev–Trinajstić information content (AvgIpc) is 3.84. The van der Waals surface area contributed by atoms with E-state index < -0.39 is 101 Å². The molecule has 3 heterocycles. The molecule has 3 aliphatic heterocycles. The molecule has 3 aliphatic rings. The van der Waals surface area contributed by atoms with Crippen LogP contribution in [0.3, 0.4) is 0 Å². The summed E-state index contributed by atoms with van der Waals surface area (Å²) in [5, 5.41) is 14.4. The van der Waals surface area contributed by atoms with Gasteiger partial charge in [0.2, 0.25) is 5.91 Å². The number of epoxide rings is 1. The molecule has 2 saturated heterocycles. The molecule has 0 spiro atoms. The van der Waals surface area contributed by atoms with Crippen LogP contribution in [0.25, 0.3) is 0 Å². The minimum atomic E-state index is -1.89. The molecule has 17 heteroatoms. The van der Waals surface area contributed by atoms with Crippen LogP contribution in [0.4, 0.5) is 25.0 Å². The van der Waals surface area contributed by atoms with Crippen LogP contribution in [0.5, 0.6) is 5.75 Å². The number of fused-ring (bicyclic) bond motifs is 5. The molecule has 0 radical (unpaired) electrons. The van der Waals surface area contributed by atoms with E-state index in [9.17, 15) is 33.1 Å². The molecule has 0 aliphatic carbocycles. The fourth-order valence-electron chi connectivity index (χ4n) is 7.09. The molecule has 4 bridgehead atoms. The third-order valence-electron chi connectivity index (χ3n) is 10.8. The predicted octanol–water partition coefficient (Wildman–Crippen LogP) is 4.69. The van der Waals surface area contributed by atoms with Gasteiger partial charge in [-0.15, -0.1) is 0 Å². The van der Waals surface area contributed by atoms with E-state index in [2.05, 4.69) is 5.32 Å². The Hall–Kier alpha value is -4.77. The Kier molecular flexibility index (Phi) is 12.4. The van der Waals surface area contributed by atoms with Gasteiger partial charge in [0, 0.05) is 39.6 Å². The van der Waals surface area contributed by atoms with Crippen molar-refractivity contribution in [3.05, 3.63) is 75.9 Å². The van der Waals surface area contributed by atoms with Crippen molar-refractivity contribution >= 4 is 46.9 Å². The van der Waals surface area contributed by atoms with Crippen molar-refractivity contribution in [1.82, 2.24) is 10.2 Å². The van der Waals surface area contributed by atoms with Crippen LogP contribution in [-0.4, -0.2) is 104 Å². The number of nitrogens with one attached hydrogen (secondary N) is 1. The number of ether oxygens (including phenoxy) is 5. The van der Waals surface area contributed by atoms with Gasteiger partial charge < -0.3 is 44.3 Å². The average molecular weight is 805 g/mol. The van der Waals surface area contributed by atoms with Crippen molar-refractivity contribution in [2.75, 3.05) is 38.9 Å². The largest absolute Gasteiger partial charge is 0.495 e. The SMILES string of the molecule is COc1cc2cc(c1Cl)N(C)C(=O)C[C@H](OC(=O)[C@H](C)N(C)C(=O)c1cc(F)c(N)cc1F)[C@]1(C)O[C@H]1[C@H](C)[C@@H]1C[C@@](O)(NC(=O)O1)[C@H](OC)/C=C/C=C(\C)C2. The van der Waals surface area contributed by atoms with Crippen LogP contribution in [0.1, 0.15) is 56.5 Å². The molecule has 4 N–H and O–H groups in total. The molecule has 0 unspecified atom stereocenters. The summed E-state index contributed by atoms with van der Waals surface area (Å²) in [6, 6.07) is 3.42. The van der Waals surface area contributed by atoms with Gasteiger partial charge in [-0.2, -0.15) is 0 Å². The summed E-state index contributed by atoms with van der Waals surface area (Å²) >= 11 is 6.73. The number of allylic oxidation sites excluding steroid dienone is 3. The van der Waals surface area contributed by atoms with E-state index >= 15 is 0 Å². The highest BCUT2D eigenvalue weighted by atomic mass is 35.5. The van der Waals surface area contributed by atoms with Crippen LogP contribution in [0.15, 0.2) is 48.1 Å². The van der Waals surface area contributed by atoms with Crippen molar-refractivity contribution in [3.8, 4) is 5.75 Å². The normalized spacial score (nSPS) is 30.1. The van der Waals surface area contributed by atoms with Crippen LogP contribution >= 0.6 is 11.6 Å². The Labute approximate surface area is 328 Å². The van der Waals surface area contributed by atoms with Gasteiger partial charge in [0.05, 0.1) is 36.6 Å². The Bertz CT molecular complexity index is 1960. The summed E-state index contributed by atoms with van der Waals surface area (Å²) in [5.41, 5.74) is 2.97. The number of hydrogen-bond donors (Lipinski definition) is 3. The number of benzene rings is 2. The second-order valence-electron chi connectivity index (χ2n) is 14.7. The molecule has 8 atom stereocenters. The summed E-state index contributed by atoms with van der Waals surface area (Å²) in [5.74, 6) is -4.98. The van der Waals surface area contributed by atoms with Gasteiger partial charge in [-0.1, -0.05) is 42.3 Å². The molecule has 2 fully saturated rings. The number of esters is 1. The molecular weight excluding hydrogens is 758 g/mol. The van der Waals surface area contributed by atoms with Crippen LogP contribution < -0.4 is 20.7 Å². The Morgan fingerprint density at radius 2 is 1.88 bits per heavy atom. The van der Waals surface area contributed by atoms with E-state index in [1.807, 2.05) is 13.0 Å². The second kappa shape index (κ2) is 16.4. The van der Waals surface area contributed by atoms with Gasteiger partial charge in [0.25, 0.3) is 5.91 Å². The number of nitrogen functional groups attached to an aromatic ring is 1. The summed E-state index contributed by atoms with van der Waals surface area (Å²) in [7, 11) is 5.55. The lowest BCUT2D eigenvalue weighted by Crippen LogP contribution is -2.63. The third kappa shape index (κ3) is 8.48. The summed E-state index contributed by atoms with van der Waals surface area (Å²) in [4.78, 5) is 56.3. The van der Waals surface area contributed by atoms with Gasteiger partial charge in [0.15, 0.2) is 5.72 Å². The first-order valence-electron chi connectivity index (χ1n) is 17.8. The standard InChI is InChI=1S/C39H47ClF2N4O10/c1-19-10-9-11-30(53-8)39(51)18-29(54-37(50)44-39)20(2)34-38(4,56-34)31(17-32(47)46(6)27-13-22(12-19)14-28(52-7)33(27)40)55-36(49)21(3)45(5)35(48)23-15-25(42)26(43)16-24(23)41/h9-11,13-16,20-21,29-31,34,51H,12,17-18,43H2,1-8H3,(H,44,50)/b11-9+,19-10+/t20-,21+,29+,30-,31+,34+,38+,39+/m1/s1. The first-order chi connectivity index (χ1) is 26.2. The molecule has 5 rings (SSSR count). The smallest absolute Gasteiger partial charge is 0.409 e. The van der Waals surface area contributed by atoms with E-state index in [4.69, 9.17) is 41.0 Å². The van der Waals surface area contributed by atoms with Gasteiger partial charge in [-0.05, 0) is 51.0 Å². The fourth-order valence-corrected chi connectivity index (χ4v) is 7.41. The second-order valence-corrected chi connectivity index (χ2v) is 15.0. The number of halogens is 3. The van der Waals surface area contributed by atoms with Crippen LogP contribution in [0.2, 0.25) is 5.02 Å². The topological polar surface area (TPSA) is 182 Å². The van der Waals surface area contributed by atoms with Crippen molar-refractivity contribution in [2.24, 2.45) is 5.92 Å². The lowest BCUT2D eigenvalue weighted by Gasteiger charge is -2.42. The first kappa shape index (κ1) is 42.4. The molecule has 3 amide bonds. The summed E-state index contributed by atoms with van der Waals surface area (Å²) < 4.78 is 57.8. The summed E-state index contributed by atoms with van der Waals surface area (Å²) in [6.07, 6.45) is 0.0677. The minimum absolute atomic E-state index is 0.121. The Morgan fingerprint density at radius 3 is 2.54 bits per heavy atom.